The van der Waals surface area contributed by atoms with E-state index in [1.165, 1.54) is 11.1 Å². The predicted molar refractivity (Wildman–Crippen MR) is 143 cm³/mol. The molecule has 0 unspecified atom stereocenters. The average Bonchev–Trinajstić information content (AvgIpc) is 3.32. The highest BCUT2D eigenvalue weighted by Gasteiger charge is 2.35. The molecule has 1 fully saturated rings. The smallest absolute Gasteiger partial charge is 0.276 e. The lowest BCUT2D eigenvalue weighted by Crippen LogP contribution is -2.17. The Labute approximate surface area is 217 Å². The topological polar surface area (TPSA) is 120 Å². The van der Waals surface area contributed by atoms with Gasteiger partial charge in [-0.1, -0.05) is 30.3 Å². The minimum Gasteiger partial charge on any atom is -0.348 e. The van der Waals surface area contributed by atoms with E-state index in [4.69, 9.17) is 10.1 Å². The number of anilines is 3. The summed E-state index contributed by atoms with van der Waals surface area (Å²) in [6.45, 7) is 1.55. The Morgan fingerprint density at radius 2 is 1.82 bits per heavy atom. The van der Waals surface area contributed by atoms with E-state index in [-0.39, 0.29) is 11.8 Å². The number of aromatic amines is 1. The maximum Gasteiger partial charge on any atom is 0.276 e. The highest BCUT2D eigenvalue weighted by Crippen LogP contribution is 2.44. The zero-order valence-corrected chi connectivity index (χ0v) is 20.4. The van der Waals surface area contributed by atoms with Gasteiger partial charge in [-0.05, 0) is 48.1 Å². The molecule has 0 radical (unpaired) electrons. The third-order valence-electron chi connectivity index (χ3n) is 7.12. The number of rotatable bonds is 7. The minimum absolute atomic E-state index is 0.229. The second kappa shape index (κ2) is 8.84. The van der Waals surface area contributed by atoms with Crippen LogP contribution in [0.5, 0.6) is 0 Å². The first-order chi connectivity index (χ1) is 18.7. The van der Waals surface area contributed by atoms with Gasteiger partial charge in [0.05, 0.1) is 11.9 Å². The van der Waals surface area contributed by atoms with Crippen LogP contribution in [0.15, 0.2) is 67.0 Å². The molecule has 0 bridgehead atoms. The summed E-state index contributed by atoms with van der Waals surface area (Å²) < 4.78 is 1.77. The van der Waals surface area contributed by atoms with Gasteiger partial charge in [0.1, 0.15) is 5.82 Å². The summed E-state index contributed by atoms with van der Waals surface area (Å²) in [4.78, 5) is 31.7. The molecule has 1 saturated carbocycles. The van der Waals surface area contributed by atoms with E-state index in [1.807, 2.05) is 12.3 Å². The number of hydrogen-bond acceptors (Lipinski definition) is 6. The minimum atomic E-state index is -0.311. The van der Waals surface area contributed by atoms with Gasteiger partial charge in [0.25, 0.3) is 5.91 Å². The molecular formula is C28H24N8O2. The van der Waals surface area contributed by atoms with Crippen molar-refractivity contribution in [3.05, 3.63) is 89.4 Å². The second-order valence-corrected chi connectivity index (χ2v) is 9.68. The Bertz CT molecular complexity index is 1660. The van der Waals surface area contributed by atoms with Gasteiger partial charge >= 0.3 is 0 Å². The molecule has 10 nitrogen and oxygen atoms in total. The molecule has 10 heteroatoms. The van der Waals surface area contributed by atoms with Gasteiger partial charge in [-0.3, -0.25) is 14.7 Å². The summed E-state index contributed by atoms with van der Waals surface area (Å²) >= 11 is 0. The van der Waals surface area contributed by atoms with Crippen LogP contribution in [0.25, 0.3) is 16.9 Å². The van der Waals surface area contributed by atoms with Crippen molar-refractivity contribution in [3.8, 4) is 11.3 Å². The van der Waals surface area contributed by atoms with E-state index < -0.39 is 0 Å². The fourth-order valence-corrected chi connectivity index (χ4v) is 5.14. The normalized spacial score (nSPS) is 14.5. The van der Waals surface area contributed by atoms with Crippen molar-refractivity contribution in [3.63, 3.8) is 0 Å². The summed E-state index contributed by atoms with van der Waals surface area (Å²) in [7, 11) is 0. The number of fused-ring (bicyclic) bond motifs is 2. The van der Waals surface area contributed by atoms with Crippen molar-refractivity contribution in [2.75, 3.05) is 15.5 Å². The maximum absolute atomic E-state index is 13.6. The number of nitrogens with one attached hydrogen (secondary N) is 3. The van der Waals surface area contributed by atoms with Crippen LogP contribution in [0.1, 0.15) is 45.9 Å². The van der Waals surface area contributed by atoms with Crippen LogP contribution < -0.4 is 15.5 Å². The Morgan fingerprint density at radius 3 is 2.53 bits per heavy atom. The summed E-state index contributed by atoms with van der Waals surface area (Å²) in [5, 5.41) is 17.4. The zero-order chi connectivity index (χ0) is 25.6. The van der Waals surface area contributed by atoms with E-state index in [2.05, 4.69) is 50.0 Å². The fourth-order valence-electron chi connectivity index (χ4n) is 5.14. The third kappa shape index (κ3) is 3.86. The standard InChI is InChI=1S/C28H24N8O2/c37-16-29-21-6-3-7-22(10-21)32-28(38)26-25(17-8-9-17)27-33-24(35-14-18-4-1-2-5-19(18)15-35)11-23(36(27)34-26)20-12-30-31-13-20/h1-7,10-13,16-17H,8-9,14-15H2,(H,29,37)(H,30,31)(H,32,38). The molecular weight excluding hydrogens is 480 g/mol. The highest BCUT2D eigenvalue weighted by atomic mass is 16.2. The van der Waals surface area contributed by atoms with Crippen LogP contribution in [-0.4, -0.2) is 37.1 Å². The summed E-state index contributed by atoms with van der Waals surface area (Å²) in [5.41, 5.74) is 7.34. The fraction of sp³-hybridized carbons (Fsp3) is 0.179. The van der Waals surface area contributed by atoms with Gasteiger partial charge in [0.2, 0.25) is 6.41 Å². The van der Waals surface area contributed by atoms with Gasteiger partial charge < -0.3 is 15.5 Å². The molecule has 2 aromatic carbocycles. The maximum atomic E-state index is 13.6. The molecule has 1 aliphatic carbocycles. The third-order valence-corrected chi connectivity index (χ3v) is 7.12. The molecule has 4 heterocycles. The van der Waals surface area contributed by atoms with E-state index in [1.54, 1.807) is 35.0 Å². The highest BCUT2D eigenvalue weighted by molar-refractivity contribution is 6.05. The first kappa shape index (κ1) is 22.2. The molecule has 0 atom stereocenters. The van der Waals surface area contributed by atoms with Crippen LogP contribution in [0.2, 0.25) is 0 Å². The van der Waals surface area contributed by atoms with Crippen LogP contribution in [0.4, 0.5) is 17.2 Å². The molecule has 2 amide bonds. The molecule has 1 aliphatic heterocycles. The van der Waals surface area contributed by atoms with Crippen molar-refractivity contribution in [1.82, 2.24) is 24.8 Å². The Morgan fingerprint density at radius 1 is 1.03 bits per heavy atom. The molecule has 0 saturated heterocycles. The van der Waals surface area contributed by atoms with E-state index in [0.29, 0.717) is 29.1 Å². The van der Waals surface area contributed by atoms with Gasteiger partial charge in [0, 0.05) is 47.9 Å². The molecule has 188 valence electrons. The lowest BCUT2D eigenvalue weighted by Gasteiger charge is -2.18. The second-order valence-electron chi connectivity index (χ2n) is 9.68. The van der Waals surface area contributed by atoms with Crippen LogP contribution in [-0.2, 0) is 17.9 Å². The van der Waals surface area contributed by atoms with Gasteiger partial charge in [0.15, 0.2) is 11.3 Å². The Kier molecular flexibility index (Phi) is 5.17. The summed E-state index contributed by atoms with van der Waals surface area (Å²) in [5.74, 6) is 0.757. The molecule has 0 spiro atoms. The zero-order valence-electron chi connectivity index (χ0n) is 20.4. The van der Waals surface area contributed by atoms with Crippen molar-refractivity contribution in [2.45, 2.75) is 31.8 Å². The van der Waals surface area contributed by atoms with Gasteiger partial charge in [-0.15, -0.1) is 0 Å². The SMILES string of the molecule is O=CNc1cccc(NC(=O)c2nn3c(-c4cn[nH]c4)cc(N4Cc5ccccc5C4)nc3c2C2CC2)c1. The van der Waals surface area contributed by atoms with Crippen LogP contribution >= 0.6 is 0 Å². The molecule has 7 rings (SSSR count). The van der Waals surface area contributed by atoms with Crippen molar-refractivity contribution < 1.29 is 9.59 Å². The molecule has 3 N–H and O–H groups in total. The van der Waals surface area contributed by atoms with E-state index >= 15 is 0 Å². The van der Waals surface area contributed by atoms with Crippen molar-refractivity contribution >= 4 is 35.2 Å². The quantitative estimate of drug-likeness (QED) is 0.284. The first-order valence-corrected chi connectivity index (χ1v) is 12.5. The van der Waals surface area contributed by atoms with Crippen LogP contribution in [0.3, 0.4) is 0 Å². The molecule has 38 heavy (non-hydrogen) atoms. The number of aromatic nitrogens is 5. The predicted octanol–water partition coefficient (Wildman–Crippen LogP) is 4.34. The summed E-state index contributed by atoms with van der Waals surface area (Å²) in [6.07, 6.45) is 6.15. The van der Waals surface area contributed by atoms with Crippen molar-refractivity contribution in [2.24, 2.45) is 0 Å². The first-order valence-electron chi connectivity index (χ1n) is 12.5. The Hall–Kier alpha value is -4.99. The number of carbonyl (C=O) groups is 2. The Balaban J connectivity index is 1.33. The lowest BCUT2D eigenvalue weighted by molar-refractivity contribution is -0.105. The molecule has 2 aliphatic rings. The number of amides is 2. The van der Waals surface area contributed by atoms with E-state index in [9.17, 15) is 9.59 Å². The molecule has 5 aromatic rings. The van der Waals surface area contributed by atoms with Crippen LogP contribution in [0, 0.1) is 0 Å². The van der Waals surface area contributed by atoms with Gasteiger partial charge in [-0.25, -0.2) is 9.50 Å². The number of hydrogen-bond donors (Lipinski definition) is 3. The number of nitrogens with zero attached hydrogens (tertiary/aromatic N) is 5. The number of carbonyl (C=O) groups excluding carboxylic acids is 2. The monoisotopic (exact) mass is 504 g/mol. The summed E-state index contributed by atoms with van der Waals surface area (Å²) in [6, 6.07) is 17.5. The molecule has 3 aromatic heterocycles. The van der Waals surface area contributed by atoms with E-state index in [0.717, 1.165) is 48.6 Å². The van der Waals surface area contributed by atoms with Gasteiger partial charge in [-0.2, -0.15) is 10.2 Å². The lowest BCUT2D eigenvalue weighted by atomic mass is 10.1. The largest absolute Gasteiger partial charge is 0.348 e. The number of H-pyrrole nitrogens is 1. The average molecular weight is 505 g/mol. The van der Waals surface area contributed by atoms with Crippen molar-refractivity contribution in [1.29, 1.82) is 0 Å². The number of benzene rings is 2.